The molecule has 0 fully saturated rings. The van der Waals surface area contributed by atoms with E-state index in [1.54, 1.807) is 31.4 Å². The number of rotatable bonds is 4. The molecule has 0 spiro atoms. The highest BCUT2D eigenvalue weighted by atomic mass is 79.9. The average Bonchev–Trinajstić information content (AvgIpc) is 2.44. The van der Waals surface area contributed by atoms with Crippen LogP contribution in [0.2, 0.25) is 0 Å². The number of hydrogen-bond acceptors (Lipinski definition) is 3. The van der Waals surface area contributed by atoms with Crippen LogP contribution < -0.4 is 5.32 Å². The van der Waals surface area contributed by atoms with E-state index in [4.69, 9.17) is 0 Å². The summed E-state index contributed by atoms with van der Waals surface area (Å²) in [5.41, 5.74) is 2.54. The number of para-hydroxylation sites is 1. The number of pyridine rings is 1. The van der Waals surface area contributed by atoms with Crippen LogP contribution in [0.15, 0.2) is 47.2 Å². The second-order valence-electron chi connectivity index (χ2n) is 4.61. The fourth-order valence-corrected chi connectivity index (χ4v) is 2.23. The zero-order valence-corrected chi connectivity index (χ0v) is 13.0. The van der Waals surface area contributed by atoms with Gasteiger partial charge in [0.05, 0.1) is 5.56 Å². The van der Waals surface area contributed by atoms with Crippen molar-refractivity contribution >= 4 is 27.5 Å². The number of anilines is 1. The van der Waals surface area contributed by atoms with E-state index < -0.39 is 0 Å². The summed E-state index contributed by atoms with van der Waals surface area (Å²) in [5, 5.41) is 3.28. The third-order valence-electron chi connectivity index (χ3n) is 2.81. The van der Waals surface area contributed by atoms with Crippen LogP contribution >= 0.6 is 15.9 Å². The minimum Gasteiger partial charge on any atom is -0.380 e. The van der Waals surface area contributed by atoms with E-state index in [9.17, 15) is 4.79 Å². The van der Waals surface area contributed by atoms with Crippen LogP contribution in [0.5, 0.6) is 0 Å². The maximum absolute atomic E-state index is 12.1. The maximum atomic E-state index is 12.1. The molecule has 0 saturated heterocycles. The molecule has 1 heterocycles. The number of benzene rings is 1. The lowest BCUT2D eigenvalue weighted by atomic mass is 10.1. The Labute approximate surface area is 127 Å². The average molecular weight is 334 g/mol. The molecule has 2 rings (SSSR count). The third-order valence-corrected chi connectivity index (χ3v) is 3.24. The summed E-state index contributed by atoms with van der Waals surface area (Å²) in [4.78, 5) is 17.8. The molecule has 0 unspecified atom stereocenters. The minimum absolute atomic E-state index is 0.0135. The molecule has 0 aliphatic rings. The quantitative estimate of drug-likeness (QED) is 0.934. The second kappa shape index (κ2) is 6.52. The third kappa shape index (κ3) is 3.57. The first kappa shape index (κ1) is 14.5. The van der Waals surface area contributed by atoms with Gasteiger partial charge in [0.2, 0.25) is 0 Å². The van der Waals surface area contributed by atoms with Crippen LogP contribution in [-0.2, 0) is 6.54 Å². The van der Waals surface area contributed by atoms with Crippen LogP contribution in [0.1, 0.15) is 15.9 Å². The molecule has 104 valence electrons. The van der Waals surface area contributed by atoms with Gasteiger partial charge in [0.15, 0.2) is 0 Å². The molecule has 1 N–H and O–H groups in total. The summed E-state index contributed by atoms with van der Waals surface area (Å²) in [5.74, 6) is -0.0135. The van der Waals surface area contributed by atoms with E-state index >= 15 is 0 Å². The first-order valence-corrected chi connectivity index (χ1v) is 7.01. The van der Waals surface area contributed by atoms with E-state index in [1.165, 1.54) is 0 Å². The molecule has 1 aromatic heterocycles. The Bertz CT molecular complexity index is 614. The molecule has 4 nitrogen and oxygen atoms in total. The van der Waals surface area contributed by atoms with E-state index in [1.807, 2.05) is 30.3 Å². The Morgan fingerprint density at radius 3 is 2.75 bits per heavy atom. The van der Waals surface area contributed by atoms with Crippen molar-refractivity contribution in [1.29, 1.82) is 0 Å². The maximum Gasteiger partial charge on any atom is 0.255 e. The van der Waals surface area contributed by atoms with Gasteiger partial charge in [0, 0.05) is 43.2 Å². The fraction of sp³-hybridized carbons (Fsp3) is 0.200. The lowest BCUT2D eigenvalue weighted by molar-refractivity contribution is 0.0828. The van der Waals surface area contributed by atoms with Crippen LogP contribution in [-0.4, -0.2) is 29.9 Å². The molecule has 5 heteroatoms. The summed E-state index contributed by atoms with van der Waals surface area (Å²) in [6.45, 7) is 0.615. The van der Waals surface area contributed by atoms with E-state index in [0.29, 0.717) is 12.1 Å². The highest BCUT2D eigenvalue weighted by molar-refractivity contribution is 9.10. The fourth-order valence-electron chi connectivity index (χ4n) is 1.81. The van der Waals surface area contributed by atoms with E-state index in [0.717, 1.165) is 15.7 Å². The highest BCUT2D eigenvalue weighted by Crippen LogP contribution is 2.18. The van der Waals surface area contributed by atoms with Crippen molar-refractivity contribution in [2.45, 2.75) is 6.54 Å². The summed E-state index contributed by atoms with van der Waals surface area (Å²) in [6.07, 6.45) is 3.54. The number of halogens is 1. The largest absolute Gasteiger partial charge is 0.380 e. The van der Waals surface area contributed by atoms with Gasteiger partial charge in [0.25, 0.3) is 5.91 Å². The van der Waals surface area contributed by atoms with Crippen molar-refractivity contribution in [3.63, 3.8) is 0 Å². The van der Waals surface area contributed by atoms with Crippen molar-refractivity contribution in [2.75, 3.05) is 19.4 Å². The van der Waals surface area contributed by atoms with Crippen molar-refractivity contribution in [1.82, 2.24) is 9.88 Å². The highest BCUT2D eigenvalue weighted by Gasteiger charge is 2.12. The number of aromatic nitrogens is 1. The Balaban J connectivity index is 2.16. The van der Waals surface area contributed by atoms with Gasteiger partial charge in [-0.2, -0.15) is 0 Å². The lowest BCUT2D eigenvalue weighted by Crippen LogP contribution is -2.22. The van der Waals surface area contributed by atoms with E-state index in [2.05, 4.69) is 26.2 Å². The molecule has 1 aromatic carbocycles. The van der Waals surface area contributed by atoms with Crippen LogP contribution in [0.25, 0.3) is 0 Å². The predicted molar refractivity (Wildman–Crippen MR) is 83.7 cm³/mol. The van der Waals surface area contributed by atoms with Gasteiger partial charge in [-0.15, -0.1) is 0 Å². The number of nitrogens with zero attached hydrogens (tertiary/aromatic N) is 2. The molecular weight excluding hydrogens is 318 g/mol. The first-order valence-electron chi connectivity index (χ1n) is 6.22. The topological polar surface area (TPSA) is 45.2 Å². The molecule has 2 aromatic rings. The van der Waals surface area contributed by atoms with Crippen molar-refractivity contribution in [3.05, 3.63) is 58.3 Å². The smallest absolute Gasteiger partial charge is 0.255 e. The molecule has 0 bridgehead atoms. The van der Waals surface area contributed by atoms with Crippen LogP contribution in [0.3, 0.4) is 0 Å². The number of nitrogens with one attached hydrogen (secondary N) is 1. The minimum atomic E-state index is -0.0135. The lowest BCUT2D eigenvalue weighted by Gasteiger charge is -2.15. The normalized spacial score (nSPS) is 10.2. The van der Waals surface area contributed by atoms with Crippen molar-refractivity contribution < 1.29 is 4.79 Å². The molecule has 0 saturated carbocycles. The standard InChI is InChI=1S/C15H16BrN3O/c1-19(2)15(20)13-5-3-4-6-14(13)18-9-11-7-12(16)10-17-8-11/h3-8,10,18H,9H2,1-2H3. The summed E-state index contributed by atoms with van der Waals surface area (Å²) >= 11 is 3.39. The summed E-state index contributed by atoms with van der Waals surface area (Å²) in [6, 6.07) is 9.50. The van der Waals surface area contributed by atoms with Crippen molar-refractivity contribution in [3.8, 4) is 0 Å². The molecular formula is C15H16BrN3O. The Morgan fingerprint density at radius 1 is 1.30 bits per heavy atom. The summed E-state index contributed by atoms with van der Waals surface area (Å²) < 4.78 is 0.939. The molecule has 0 atom stereocenters. The zero-order valence-electron chi connectivity index (χ0n) is 11.4. The molecule has 20 heavy (non-hydrogen) atoms. The van der Waals surface area contributed by atoms with Gasteiger partial charge in [-0.3, -0.25) is 9.78 Å². The molecule has 0 aliphatic heterocycles. The van der Waals surface area contributed by atoms with Crippen molar-refractivity contribution in [2.24, 2.45) is 0 Å². The van der Waals surface area contributed by atoms with Crippen LogP contribution in [0, 0.1) is 0 Å². The second-order valence-corrected chi connectivity index (χ2v) is 5.53. The van der Waals surface area contributed by atoms with Gasteiger partial charge in [-0.1, -0.05) is 12.1 Å². The Morgan fingerprint density at radius 2 is 2.05 bits per heavy atom. The predicted octanol–water partition coefficient (Wildman–Crippen LogP) is 3.16. The molecule has 0 radical (unpaired) electrons. The number of amides is 1. The SMILES string of the molecule is CN(C)C(=O)c1ccccc1NCc1cncc(Br)c1. The number of hydrogen-bond donors (Lipinski definition) is 1. The first-order chi connectivity index (χ1) is 9.58. The van der Waals surface area contributed by atoms with Gasteiger partial charge >= 0.3 is 0 Å². The number of carbonyl (C=O) groups excluding carboxylic acids is 1. The monoisotopic (exact) mass is 333 g/mol. The summed E-state index contributed by atoms with van der Waals surface area (Å²) in [7, 11) is 3.49. The number of carbonyl (C=O) groups is 1. The molecule has 0 aliphatic carbocycles. The molecule has 1 amide bonds. The van der Waals surface area contributed by atoms with Crippen LogP contribution in [0.4, 0.5) is 5.69 Å². The van der Waals surface area contributed by atoms with E-state index in [-0.39, 0.29) is 5.91 Å². The Hall–Kier alpha value is -1.88. The van der Waals surface area contributed by atoms with Gasteiger partial charge < -0.3 is 10.2 Å². The van der Waals surface area contributed by atoms with Gasteiger partial charge in [-0.25, -0.2) is 0 Å². The Kier molecular flexibility index (Phi) is 4.74. The van der Waals surface area contributed by atoms with Gasteiger partial charge in [-0.05, 0) is 39.7 Å². The van der Waals surface area contributed by atoms with Gasteiger partial charge in [0.1, 0.15) is 0 Å². The zero-order chi connectivity index (χ0) is 14.5.